The van der Waals surface area contributed by atoms with Crippen LogP contribution in [0.2, 0.25) is 0 Å². The van der Waals surface area contributed by atoms with Crippen molar-refractivity contribution in [2.75, 3.05) is 7.05 Å². The van der Waals surface area contributed by atoms with E-state index in [1.165, 1.54) is 9.88 Å². The molecule has 4 rings (SSSR count). The minimum atomic E-state index is -3.49. The molecule has 0 saturated heterocycles. The highest BCUT2D eigenvalue weighted by Crippen LogP contribution is 2.46. The molecule has 2 aromatic carbocycles. The number of likely N-dealkylation sites (N-methyl/N-ethyl adjacent to an activating group) is 1. The molecule has 4 heteroatoms. The number of rotatable bonds is 1. The van der Waals surface area contributed by atoms with Gasteiger partial charge in [-0.25, -0.2) is 8.42 Å². The van der Waals surface area contributed by atoms with Crippen LogP contribution in [0.3, 0.4) is 0 Å². The first-order chi connectivity index (χ1) is 11.5. The van der Waals surface area contributed by atoms with E-state index < -0.39 is 10.0 Å². The van der Waals surface area contributed by atoms with Gasteiger partial charge in [-0.1, -0.05) is 66.3 Å². The molecule has 2 aromatic rings. The molecule has 3 nitrogen and oxygen atoms in total. The number of hydrogen-bond acceptors (Lipinski definition) is 2. The number of nitrogens with zero attached hydrogens (tertiary/aromatic N) is 1. The molecule has 2 aliphatic rings. The van der Waals surface area contributed by atoms with E-state index in [0.29, 0.717) is 4.90 Å². The van der Waals surface area contributed by atoms with Crippen molar-refractivity contribution in [3.8, 4) is 0 Å². The number of fused-ring (bicyclic) bond motifs is 3. The summed E-state index contributed by atoms with van der Waals surface area (Å²) in [4.78, 5) is 0.398. The lowest BCUT2D eigenvalue weighted by molar-refractivity contribution is 0.387. The Labute approximate surface area is 143 Å². The summed E-state index contributed by atoms with van der Waals surface area (Å²) < 4.78 is 27.6. The van der Waals surface area contributed by atoms with Crippen molar-refractivity contribution < 1.29 is 8.42 Å². The molecule has 1 aliphatic carbocycles. The zero-order valence-corrected chi connectivity index (χ0v) is 14.5. The Bertz CT molecular complexity index is 958. The number of allylic oxidation sites excluding steroid dienone is 2. The molecule has 0 spiro atoms. The lowest BCUT2D eigenvalue weighted by Gasteiger charge is -2.42. The smallest absolute Gasteiger partial charge is 0.207 e. The van der Waals surface area contributed by atoms with Gasteiger partial charge in [0.25, 0.3) is 0 Å². The van der Waals surface area contributed by atoms with Crippen molar-refractivity contribution >= 4 is 15.6 Å². The summed E-state index contributed by atoms with van der Waals surface area (Å²) in [7, 11) is -1.80. The van der Waals surface area contributed by atoms with Crippen molar-refractivity contribution in [1.82, 2.24) is 4.31 Å². The van der Waals surface area contributed by atoms with Crippen LogP contribution in [-0.2, 0) is 10.0 Å². The second-order valence-corrected chi connectivity index (χ2v) is 8.35. The van der Waals surface area contributed by atoms with Crippen LogP contribution in [0.25, 0.3) is 5.57 Å². The molecule has 0 aromatic heterocycles. The van der Waals surface area contributed by atoms with Crippen molar-refractivity contribution in [3.05, 3.63) is 83.4 Å². The third-order valence-corrected chi connectivity index (χ3v) is 6.95. The first-order valence-electron chi connectivity index (χ1n) is 8.02. The van der Waals surface area contributed by atoms with Crippen molar-refractivity contribution in [2.45, 2.75) is 23.8 Å². The van der Waals surface area contributed by atoms with Gasteiger partial charge in [-0.2, -0.15) is 4.31 Å². The molecular formula is C20H19NO2S. The summed E-state index contributed by atoms with van der Waals surface area (Å²) in [5.41, 5.74) is 4.22. The maximum Gasteiger partial charge on any atom is 0.244 e. The minimum Gasteiger partial charge on any atom is -0.207 e. The second kappa shape index (κ2) is 5.43. The van der Waals surface area contributed by atoms with Gasteiger partial charge in [0, 0.05) is 13.0 Å². The highest BCUT2D eigenvalue weighted by atomic mass is 32.2. The van der Waals surface area contributed by atoms with Gasteiger partial charge in [0.2, 0.25) is 10.0 Å². The van der Waals surface area contributed by atoms with Crippen molar-refractivity contribution in [3.63, 3.8) is 0 Å². The van der Waals surface area contributed by atoms with Crippen LogP contribution in [0.15, 0.2) is 77.2 Å². The topological polar surface area (TPSA) is 37.4 Å². The summed E-state index contributed by atoms with van der Waals surface area (Å²) >= 11 is 0. The molecule has 1 heterocycles. The lowest BCUT2D eigenvalue weighted by Crippen LogP contribution is -2.46. The Hall–Kier alpha value is -2.17. The minimum absolute atomic E-state index is 0.0272. The number of hydrogen-bond donors (Lipinski definition) is 0. The van der Waals surface area contributed by atoms with E-state index >= 15 is 0 Å². The summed E-state index contributed by atoms with van der Waals surface area (Å²) in [6.45, 7) is 2.08. The van der Waals surface area contributed by atoms with Gasteiger partial charge in [0.15, 0.2) is 0 Å². The molecule has 0 amide bonds. The Balaban J connectivity index is 1.97. The monoisotopic (exact) mass is 337 g/mol. The zero-order chi connectivity index (χ0) is 16.9. The normalized spacial score (nSPS) is 25.2. The van der Waals surface area contributed by atoms with Crippen LogP contribution in [0.1, 0.15) is 24.0 Å². The third-order valence-electron chi connectivity index (χ3n) is 5.06. The van der Waals surface area contributed by atoms with Crippen LogP contribution in [0.4, 0.5) is 0 Å². The SMILES string of the molecule is CC1=CC=C2c3ccccc3S(=O)(=O)N(C)[C@H]2[C@@H]1c1ccccc1. The largest absolute Gasteiger partial charge is 0.244 e. The Morgan fingerprint density at radius 2 is 1.58 bits per heavy atom. The van der Waals surface area contributed by atoms with Crippen LogP contribution in [0.5, 0.6) is 0 Å². The van der Waals surface area contributed by atoms with Crippen LogP contribution in [-0.4, -0.2) is 25.8 Å². The van der Waals surface area contributed by atoms with E-state index in [9.17, 15) is 8.42 Å². The molecule has 2 atom stereocenters. The molecular weight excluding hydrogens is 318 g/mol. The van der Waals surface area contributed by atoms with E-state index in [4.69, 9.17) is 0 Å². The van der Waals surface area contributed by atoms with Crippen molar-refractivity contribution in [1.29, 1.82) is 0 Å². The average Bonchev–Trinajstić information content (AvgIpc) is 2.60. The molecule has 122 valence electrons. The standard InChI is InChI=1S/C20H19NO2S/c1-14-12-13-17-16-10-6-7-11-18(16)24(22,23)21(2)20(17)19(14)15-8-4-3-5-9-15/h3-13,19-20H,1-2H3/t19-,20+/m0/s1. The summed E-state index contributed by atoms with van der Waals surface area (Å²) in [6.07, 6.45) is 4.19. The predicted octanol–water partition coefficient (Wildman–Crippen LogP) is 3.82. The predicted molar refractivity (Wildman–Crippen MR) is 96.1 cm³/mol. The quantitative estimate of drug-likeness (QED) is 0.793. The Kier molecular flexibility index (Phi) is 3.48. The molecule has 24 heavy (non-hydrogen) atoms. The van der Waals surface area contributed by atoms with E-state index in [1.807, 2.05) is 30.3 Å². The fraction of sp³-hybridized carbons (Fsp3) is 0.200. The highest BCUT2D eigenvalue weighted by Gasteiger charge is 2.44. The fourth-order valence-electron chi connectivity index (χ4n) is 3.85. The van der Waals surface area contributed by atoms with Gasteiger partial charge in [-0.05, 0) is 29.7 Å². The number of sulfonamides is 1. The zero-order valence-electron chi connectivity index (χ0n) is 13.7. The fourth-order valence-corrected chi connectivity index (χ4v) is 5.41. The molecule has 1 aliphatic heterocycles. The van der Waals surface area contributed by atoms with Gasteiger partial charge in [-0.3, -0.25) is 0 Å². The van der Waals surface area contributed by atoms with Gasteiger partial charge in [0.05, 0.1) is 10.9 Å². The Morgan fingerprint density at radius 1 is 0.917 bits per heavy atom. The molecule has 0 unspecified atom stereocenters. The summed E-state index contributed by atoms with van der Waals surface area (Å²) in [5.74, 6) is 0.0272. The Morgan fingerprint density at radius 3 is 2.33 bits per heavy atom. The molecule has 0 saturated carbocycles. The molecule has 0 N–H and O–H groups in total. The van der Waals surface area contributed by atoms with Crippen LogP contribution in [0, 0.1) is 0 Å². The second-order valence-electron chi connectivity index (χ2n) is 6.38. The van der Waals surface area contributed by atoms with Gasteiger partial charge in [-0.15, -0.1) is 0 Å². The number of benzene rings is 2. The molecule has 0 bridgehead atoms. The first kappa shape index (κ1) is 15.4. The van der Waals surface area contributed by atoms with Gasteiger partial charge < -0.3 is 0 Å². The van der Waals surface area contributed by atoms with Crippen LogP contribution < -0.4 is 0 Å². The highest BCUT2D eigenvalue weighted by molar-refractivity contribution is 7.89. The summed E-state index contributed by atoms with van der Waals surface area (Å²) in [5, 5.41) is 0. The van der Waals surface area contributed by atoms with E-state index in [-0.39, 0.29) is 12.0 Å². The van der Waals surface area contributed by atoms with E-state index in [2.05, 4.69) is 31.2 Å². The maximum absolute atomic E-state index is 13.0. The molecule has 0 radical (unpaired) electrons. The average molecular weight is 337 g/mol. The van der Waals surface area contributed by atoms with Gasteiger partial charge >= 0.3 is 0 Å². The first-order valence-corrected chi connectivity index (χ1v) is 9.46. The van der Waals surface area contributed by atoms with Crippen molar-refractivity contribution in [2.24, 2.45) is 0 Å². The van der Waals surface area contributed by atoms with Gasteiger partial charge in [0.1, 0.15) is 0 Å². The lowest BCUT2D eigenvalue weighted by atomic mass is 9.76. The molecule has 0 fully saturated rings. The van der Waals surface area contributed by atoms with E-state index in [0.717, 1.165) is 16.7 Å². The third kappa shape index (κ3) is 2.10. The maximum atomic E-state index is 13.0. The van der Waals surface area contributed by atoms with Crippen LogP contribution >= 0.6 is 0 Å². The summed E-state index contributed by atoms with van der Waals surface area (Å²) in [6, 6.07) is 17.2. The van der Waals surface area contributed by atoms with E-state index in [1.54, 1.807) is 19.2 Å².